The van der Waals surface area contributed by atoms with Gasteiger partial charge in [0.25, 0.3) is 0 Å². The maximum Gasteiger partial charge on any atom is 0.128 e. The second-order valence-corrected chi connectivity index (χ2v) is 10.8. The van der Waals surface area contributed by atoms with Crippen LogP contribution in [0.4, 0.5) is 11.4 Å². The topological polar surface area (TPSA) is 24.1 Å². The average Bonchev–Trinajstić information content (AvgIpc) is 2.78. The lowest BCUT2D eigenvalue weighted by Gasteiger charge is -2.43. The number of para-hydroxylation sites is 2. The van der Waals surface area contributed by atoms with Crippen LogP contribution < -0.4 is 26.5 Å². The zero-order valence-electron chi connectivity index (χ0n) is 15.9. The van der Waals surface area contributed by atoms with Crippen LogP contribution in [-0.2, 0) is 0 Å². The summed E-state index contributed by atoms with van der Waals surface area (Å²) in [7, 11) is 0.0966. The molecule has 0 bridgehead atoms. The lowest BCUT2D eigenvalue weighted by atomic mass is 10.1. The molecule has 0 amide bonds. The first-order chi connectivity index (χ1) is 13.9. The van der Waals surface area contributed by atoms with Gasteiger partial charge in [-0.1, -0.05) is 60.7 Å². The molecule has 0 fully saturated rings. The van der Waals surface area contributed by atoms with Crippen molar-refractivity contribution in [3.63, 3.8) is 0 Å². The molecule has 0 spiro atoms. The minimum absolute atomic E-state index is 0.290. The molecule has 0 aromatic heterocycles. The van der Waals surface area contributed by atoms with E-state index in [0.29, 0.717) is 11.7 Å². The normalized spacial score (nSPS) is 24.8. The lowest BCUT2D eigenvalue weighted by molar-refractivity contribution is 0.882. The molecule has 5 rings (SSSR count). The van der Waals surface area contributed by atoms with Crippen LogP contribution in [0.3, 0.4) is 0 Å². The van der Waals surface area contributed by atoms with Crippen LogP contribution in [0.2, 0.25) is 0 Å². The SMILES string of the molecule is CNc1ccccc1[P+]1(c2ccccc2)c2ccccc2NC2C=CC=CC21. The van der Waals surface area contributed by atoms with Crippen molar-refractivity contribution in [3.05, 3.63) is 103 Å². The number of hydrogen-bond acceptors (Lipinski definition) is 2. The minimum atomic E-state index is -1.93. The number of anilines is 2. The summed E-state index contributed by atoms with van der Waals surface area (Å²) in [4.78, 5) is 0. The second-order valence-electron chi connectivity index (χ2n) is 7.27. The molecule has 2 aliphatic rings. The molecule has 28 heavy (non-hydrogen) atoms. The van der Waals surface area contributed by atoms with Gasteiger partial charge in [-0.25, -0.2) is 0 Å². The smallest absolute Gasteiger partial charge is 0.128 e. The molecule has 3 atom stereocenters. The Hall–Kier alpha value is -2.83. The highest BCUT2D eigenvalue weighted by molar-refractivity contribution is 7.97. The third-order valence-electron chi connectivity index (χ3n) is 5.88. The summed E-state index contributed by atoms with van der Waals surface area (Å²) in [5.74, 6) is 0. The molecule has 2 nitrogen and oxygen atoms in total. The quantitative estimate of drug-likeness (QED) is 0.659. The maximum absolute atomic E-state index is 3.80. The van der Waals surface area contributed by atoms with Gasteiger partial charge in [0.15, 0.2) is 0 Å². The first-order valence-corrected chi connectivity index (χ1v) is 11.6. The van der Waals surface area contributed by atoms with Crippen LogP contribution in [0.1, 0.15) is 0 Å². The molecule has 0 saturated heterocycles. The van der Waals surface area contributed by atoms with Crippen LogP contribution in [0, 0.1) is 0 Å². The van der Waals surface area contributed by atoms with Gasteiger partial charge in [-0.3, -0.25) is 0 Å². The zero-order valence-corrected chi connectivity index (χ0v) is 16.8. The summed E-state index contributed by atoms with van der Waals surface area (Å²) in [5.41, 5.74) is 2.86. The van der Waals surface area contributed by atoms with Crippen molar-refractivity contribution in [2.75, 3.05) is 17.7 Å². The van der Waals surface area contributed by atoms with Gasteiger partial charge in [-0.15, -0.1) is 0 Å². The van der Waals surface area contributed by atoms with Crippen LogP contribution in [-0.4, -0.2) is 18.7 Å². The standard InChI is InChI=1S/C25H24N2P/c1-26-20-13-5-8-16-23(20)28(19-11-3-2-4-12-19)24-17-9-6-14-21(24)27-22-15-7-10-18-25(22)28/h2-18,21,24,26-27H,1H3/q+1. The summed E-state index contributed by atoms with van der Waals surface area (Å²) < 4.78 is 0. The number of benzene rings is 3. The van der Waals surface area contributed by atoms with Gasteiger partial charge in [0.05, 0.1) is 17.4 Å². The number of hydrogen-bond donors (Lipinski definition) is 2. The number of nitrogens with one attached hydrogen (secondary N) is 2. The van der Waals surface area contributed by atoms with Crippen LogP contribution in [0.15, 0.2) is 103 Å². The molecule has 3 unspecified atom stereocenters. The van der Waals surface area contributed by atoms with Crippen molar-refractivity contribution in [1.82, 2.24) is 0 Å². The molecule has 1 aliphatic carbocycles. The molecular formula is C25H24N2P+. The van der Waals surface area contributed by atoms with Crippen molar-refractivity contribution >= 4 is 34.6 Å². The van der Waals surface area contributed by atoms with E-state index in [4.69, 9.17) is 0 Å². The first-order valence-electron chi connectivity index (χ1n) is 9.78. The Bertz CT molecular complexity index is 1060. The molecule has 3 aromatic rings. The number of fused-ring (bicyclic) bond motifs is 2. The van der Waals surface area contributed by atoms with E-state index in [0.717, 1.165) is 0 Å². The van der Waals surface area contributed by atoms with Gasteiger partial charge in [0.1, 0.15) is 28.8 Å². The van der Waals surface area contributed by atoms with Gasteiger partial charge >= 0.3 is 0 Å². The molecule has 3 heteroatoms. The third-order valence-corrected chi connectivity index (χ3v) is 10.7. The van der Waals surface area contributed by atoms with Gasteiger partial charge in [-0.05, 0) is 42.5 Å². The summed E-state index contributed by atoms with van der Waals surface area (Å²) >= 11 is 0. The average molecular weight is 383 g/mol. The van der Waals surface area contributed by atoms with E-state index in [-0.39, 0.29) is 0 Å². The Morgan fingerprint density at radius 2 is 1.43 bits per heavy atom. The molecule has 2 N–H and O–H groups in total. The minimum Gasteiger partial charge on any atom is -0.385 e. The lowest BCUT2D eigenvalue weighted by Crippen LogP contribution is -2.50. The summed E-state index contributed by atoms with van der Waals surface area (Å²) in [6.07, 6.45) is 9.13. The largest absolute Gasteiger partial charge is 0.385 e. The van der Waals surface area contributed by atoms with Crippen molar-refractivity contribution in [1.29, 1.82) is 0 Å². The molecule has 1 heterocycles. The van der Waals surface area contributed by atoms with Crippen LogP contribution >= 0.6 is 7.26 Å². The maximum atomic E-state index is 3.80. The molecular weight excluding hydrogens is 359 g/mol. The molecule has 3 aromatic carbocycles. The fraction of sp³-hybridized carbons (Fsp3) is 0.120. The Morgan fingerprint density at radius 3 is 2.25 bits per heavy atom. The second kappa shape index (κ2) is 6.96. The zero-order chi connectivity index (χ0) is 19.0. The van der Waals surface area contributed by atoms with Gasteiger partial charge < -0.3 is 10.6 Å². The Morgan fingerprint density at radius 1 is 0.750 bits per heavy atom. The van der Waals surface area contributed by atoms with Gasteiger partial charge in [-0.2, -0.15) is 0 Å². The fourth-order valence-corrected chi connectivity index (χ4v) is 9.92. The van der Waals surface area contributed by atoms with E-state index in [2.05, 4.69) is 114 Å². The Balaban J connectivity index is 1.93. The van der Waals surface area contributed by atoms with Crippen LogP contribution in [0.25, 0.3) is 0 Å². The summed E-state index contributed by atoms with van der Waals surface area (Å²) in [6.45, 7) is 0. The molecule has 1 aliphatic heterocycles. The highest BCUT2D eigenvalue weighted by Crippen LogP contribution is 2.65. The molecule has 0 radical (unpaired) electrons. The predicted molar refractivity (Wildman–Crippen MR) is 124 cm³/mol. The summed E-state index contributed by atoms with van der Waals surface area (Å²) in [5, 5.41) is 11.6. The molecule has 138 valence electrons. The Labute approximate surface area is 167 Å². The number of allylic oxidation sites excluding steroid dienone is 2. The third kappa shape index (κ3) is 2.45. The van der Waals surface area contributed by atoms with Crippen molar-refractivity contribution in [3.8, 4) is 0 Å². The van der Waals surface area contributed by atoms with Gasteiger partial charge in [0.2, 0.25) is 0 Å². The Kier molecular flexibility index (Phi) is 4.30. The number of rotatable bonds is 3. The van der Waals surface area contributed by atoms with Crippen molar-refractivity contribution in [2.45, 2.75) is 11.7 Å². The van der Waals surface area contributed by atoms with E-state index in [1.165, 1.54) is 27.3 Å². The molecule has 0 saturated carbocycles. The highest BCUT2D eigenvalue weighted by Gasteiger charge is 2.58. The van der Waals surface area contributed by atoms with E-state index >= 15 is 0 Å². The van der Waals surface area contributed by atoms with Gasteiger partial charge in [0, 0.05) is 7.05 Å². The fourth-order valence-electron chi connectivity index (χ4n) is 4.74. The van der Waals surface area contributed by atoms with Crippen LogP contribution in [0.5, 0.6) is 0 Å². The van der Waals surface area contributed by atoms with E-state index < -0.39 is 7.26 Å². The highest BCUT2D eigenvalue weighted by atomic mass is 31.2. The van der Waals surface area contributed by atoms with Crippen molar-refractivity contribution < 1.29 is 0 Å². The van der Waals surface area contributed by atoms with E-state index in [1.807, 2.05) is 7.05 Å². The van der Waals surface area contributed by atoms with E-state index in [1.54, 1.807) is 0 Å². The van der Waals surface area contributed by atoms with E-state index in [9.17, 15) is 0 Å². The predicted octanol–water partition coefficient (Wildman–Crippen LogP) is 4.31. The first kappa shape index (κ1) is 17.3. The van der Waals surface area contributed by atoms with Crippen molar-refractivity contribution in [2.24, 2.45) is 0 Å². The monoisotopic (exact) mass is 383 g/mol. The summed E-state index contributed by atoms with van der Waals surface area (Å²) in [6, 6.07) is 29.2.